The van der Waals surface area contributed by atoms with E-state index in [4.69, 9.17) is 7.16 Å². The third-order valence-corrected chi connectivity index (χ3v) is 7.53. The van der Waals surface area contributed by atoms with Crippen LogP contribution in [0.25, 0.3) is 76.9 Å². The van der Waals surface area contributed by atoms with Gasteiger partial charge in [-0.1, -0.05) is 127 Å². The van der Waals surface area contributed by atoms with Gasteiger partial charge in [-0.25, -0.2) is 0 Å². The molecule has 0 spiro atoms. The van der Waals surface area contributed by atoms with Gasteiger partial charge in [-0.2, -0.15) is 0 Å². The van der Waals surface area contributed by atoms with E-state index < -0.39 is 0 Å². The van der Waals surface area contributed by atoms with Gasteiger partial charge in [0.2, 0.25) is 0 Å². The second-order valence-electron chi connectivity index (χ2n) is 9.77. The van der Waals surface area contributed by atoms with Gasteiger partial charge in [0.15, 0.2) is 0 Å². The van der Waals surface area contributed by atoms with Gasteiger partial charge >= 0.3 is 0 Å². The molecular weight excluding hydrogens is 472 g/mol. The summed E-state index contributed by atoms with van der Waals surface area (Å²) in [6.07, 6.45) is 0. The zero-order valence-electron chi connectivity index (χ0n) is 25.0. The summed E-state index contributed by atoms with van der Waals surface area (Å²) in [6, 6.07) is 39.5. The van der Waals surface area contributed by atoms with Crippen molar-refractivity contribution in [2.45, 2.75) is 0 Å². The van der Waals surface area contributed by atoms with Crippen LogP contribution in [0.3, 0.4) is 0 Å². The summed E-state index contributed by atoms with van der Waals surface area (Å²) in [5.74, 6) is 0. The van der Waals surface area contributed by atoms with Crippen LogP contribution in [0.2, 0.25) is 0 Å². The van der Waals surface area contributed by atoms with Crippen molar-refractivity contribution >= 4 is 43.5 Å². The molecule has 0 radical (unpaired) electrons. The number of fused-ring (bicyclic) bond motifs is 5. The van der Waals surface area contributed by atoms with Crippen LogP contribution in [0.1, 0.15) is 5.48 Å². The fourth-order valence-corrected chi connectivity index (χ4v) is 5.78. The molecule has 0 fully saturated rings. The molecular formula is C38H24O. The molecule has 39 heavy (non-hydrogen) atoms. The van der Waals surface area contributed by atoms with Gasteiger partial charge in [0.1, 0.15) is 11.2 Å². The van der Waals surface area contributed by atoms with Crippen LogP contribution in [0, 0.1) is 0 Å². The molecule has 0 bridgehead atoms. The average molecular weight is 501 g/mol. The van der Waals surface area contributed by atoms with Crippen LogP contribution < -0.4 is 0 Å². The maximum absolute atomic E-state index is 9.18. The Kier molecular flexibility index (Phi) is 4.06. The Morgan fingerprint density at radius 3 is 1.49 bits per heavy atom. The second kappa shape index (κ2) is 8.72. The van der Waals surface area contributed by atoms with Crippen LogP contribution in [0.5, 0.6) is 0 Å². The van der Waals surface area contributed by atoms with Gasteiger partial charge in [-0.05, 0) is 73.1 Å². The molecule has 0 atom stereocenters. The monoisotopic (exact) mass is 500 g/mol. The molecule has 0 N–H and O–H groups in total. The number of furan rings is 1. The van der Waals surface area contributed by atoms with Crippen molar-refractivity contribution in [3.63, 3.8) is 0 Å². The highest BCUT2D eigenvalue weighted by Gasteiger charge is 2.17. The Labute approximate surface area is 232 Å². The minimum absolute atomic E-state index is 0.0447. The Hall–Kier alpha value is -5.14. The molecule has 0 saturated heterocycles. The van der Waals surface area contributed by atoms with Crippen molar-refractivity contribution in [1.29, 1.82) is 0 Å². The van der Waals surface area contributed by atoms with E-state index in [0.717, 1.165) is 54.6 Å². The SMILES string of the molecule is [2H]c1c([2H])c(-c2c3ccccc3c(-c3ccc4oc5ccccc5c4c3)c3ccccc23)c([2H])c([2H])c1-c1ccccc1. The molecule has 0 saturated carbocycles. The smallest absolute Gasteiger partial charge is 0.135 e. The lowest BCUT2D eigenvalue weighted by Gasteiger charge is -2.18. The van der Waals surface area contributed by atoms with Crippen molar-refractivity contribution in [3.8, 4) is 33.4 Å². The highest BCUT2D eigenvalue weighted by Crippen LogP contribution is 2.44. The van der Waals surface area contributed by atoms with E-state index in [-0.39, 0.29) is 24.2 Å². The lowest BCUT2D eigenvalue weighted by Crippen LogP contribution is -1.91. The van der Waals surface area contributed by atoms with Crippen molar-refractivity contribution in [2.24, 2.45) is 0 Å². The van der Waals surface area contributed by atoms with Crippen LogP contribution in [-0.4, -0.2) is 0 Å². The van der Waals surface area contributed by atoms with Gasteiger partial charge in [-0.3, -0.25) is 0 Å². The molecule has 0 aliphatic carbocycles. The summed E-state index contributed by atoms with van der Waals surface area (Å²) in [7, 11) is 0. The number of rotatable bonds is 3. The number of benzene rings is 7. The first-order valence-electron chi connectivity index (χ1n) is 15.0. The minimum Gasteiger partial charge on any atom is -0.456 e. The zero-order chi connectivity index (χ0) is 29.2. The average Bonchev–Trinajstić information content (AvgIpc) is 3.42. The highest BCUT2D eigenvalue weighted by molar-refractivity contribution is 6.22. The molecule has 1 nitrogen and oxygen atoms in total. The first-order chi connectivity index (χ1) is 21.0. The van der Waals surface area contributed by atoms with E-state index in [1.54, 1.807) is 0 Å². The predicted molar refractivity (Wildman–Crippen MR) is 165 cm³/mol. The Morgan fingerprint density at radius 2 is 0.846 bits per heavy atom. The molecule has 1 heterocycles. The lowest BCUT2D eigenvalue weighted by atomic mass is 9.85. The molecule has 8 rings (SSSR count). The second-order valence-corrected chi connectivity index (χ2v) is 9.77. The maximum Gasteiger partial charge on any atom is 0.135 e. The number of hydrogen-bond donors (Lipinski definition) is 0. The van der Waals surface area contributed by atoms with E-state index in [0.29, 0.717) is 22.3 Å². The number of para-hydroxylation sites is 1. The van der Waals surface area contributed by atoms with E-state index in [9.17, 15) is 2.74 Å². The molecule has 1 heteroatoms. The quantitative estimate of drug-likeness (QED) is 0.220. The molecule has 0 aliphatic heterocycles. The largest absolute Gasteiger partial charge is 0.456 e. The van der Waals surface area contributed by atoms with Crippen molar-refractivity contribution in [2.75, 3.05) is 0 Å². The lowest BCUT2D eigenvalue weighted by molar-refractivity contribution is 0.669. The molecule has 0 aliphatic rings. The Balaban J connectivity index is 1.47. The van der Waals surface area contributed by atoms with Crippen LogP contribution >= 0.6 is 0 Å². The summed E-state index contributed by atoms with van der Waals surface area (Å²) in [6.45, 7) is 0. The highest BCUT2D eigenvalue weighted by atomic mass is 16.3. The fraction of sp³-hybridized carbons (Fsp3) is 0. The molecule has 0 unspecified atom stereocenters. The summed E-state index contributed by atoms with van der Waals surface area (Å²) in [5, 5.41) is 5.82. The fourth-order valence-electron chi connectivity index (χ4n) is 5.78. The van der Waals surface area contributed by atoms with Gasteiger partial charge in [0.25, 0.3) is 0 Å². The predicted octanol–water partition coefficient (Wildman–Crippen LogP) is 10.9. The molecule has 1 aromatic heterocycles. The van der Waals surface area contributed by atoms with Crippen molar-refractivity contribution in [1.82, 2.24) is 0 Å². The van der Waals surface area contributed by atoms with E-state index in [1.807, 2.05) is 91.0 Å². The minimum atomic E-state index is -0.0470. The van der Waals surface area contributed by atoms with Gasteiger partial charge in [0.05, 0.1) is 5.48 Å². The topological polar surface area (TPSA) is 13.1 Å². The summed E-state index contributed by atoms with van der Waals surface area (Å²) in [5.41, 5.74) is 5.77. The first kappa shape index (κ1) is 18.2. The van der Waals surface area contributed by atoms with Crippen LogP contribution in [0.15, 0.2) is 150 Å². The third-order valence-electron chi connectivity index (χ3n) is 7.53. The van der Waals surface area contributed by atoms with Crippen LogP contribution in [-0.2, 0) is 0 Å². The summed E-state index contributed by atoms with van der Waals surface area (Å²) in [4.78, 5) is 0. The van der Waals surface area contributed by atoms with Gasteiger partial charge < -0.3 is 4.42 Å². The normalized spacial score (nSPS) is 13.0. The molecule has 8 aromatic rings. The maximum atomic E-state index is 9.18. The van der Waals surface area contributed by atoms with Crippen molar-refractivity contribution < 1.29 is 9.90 Å². The van der Waals surface area contributed by atoms with E-state index >= 15 is 0 Å². The van der Waals surface area contributed by atoms with Crippen LogP contribution in [0.4, 0.5) is 0 Å². The Morgan fingerprint density at radius 1 is 0.359 bits per heavy atom. The van der Waals surface area contributed by atoms with E-state index in [2.05, 4.69) is 30.3 Å². The zero-order valence-corrected chi connectivity index (χ0v) is 21.0. The van der Waals surface area contributed by atoms with Gasteiger partial charge in [-0.15, -0.1) is 0 Å². The van der Waals surface area contributed by atoms with E-state index in [1.165, 1.54) is 0 Å². The standard InChI is InChI=1S/C38H24O/c1-2-10-25(11-3-1)26-18-20-27(21-19-26)37-30-13-4-6-15-32(30)38(33-16-7-5-14-31(33)37)28-22-23-36-34(24-28)29-12-8-9-17-35(29)39-36/h1-24H/i18D,19D,20D,21D. The molecule has 182 valence electrons. The molecule has 0 amide bonds. The van der Waals surface area contributed by atoms with Gasteiger partial charge in [0, 0.05) is 10.8 Å². The number of hydrogen-bond acceptors (Lipinski definition) is 1. The molecule has 7 aromatic carbocycles. The van der Waals surface area contributed by atoms with Crippen molar-refractivity contribution in [3.05, 3.63) is 145 Å². The third kappa shape index (κ3) is 3.48. The first-order valence-corrected chi connectivity index (χ1v) is 13.0. The summed E-state index contributed by atoms with van der Waals surface area (Å²) < 4.78 is 42.4. The Bertz CT molecular complexity index is 2300. The summed E-state index contributed by atoms with van der Waals surface area (Å²) >= 11 is 0.